The molecule has 1 atom stereocenters. The van der Waals surface area contributed by atoms with Crippen molar-refractivity contribution in [3.63, 3.8) is 0 Å². The number of carbonyl (C=O) groups is 3. The van der Waals surface area contributed by atoms with Crippen LogP contribution in [-0.4, -0.2) is 37.2 Å². The zero-order valence-corrected chi connectivity index (χ0v) is 50.7. The number of hydrogen-bond acceptors (Lipinski definition) is 6. The number of rotatable bonds is 59. The molecule has 6 heteroatoms. The molecule has 0 amide bonds. The summed E-state index contributed by atoms with van der Waals surface area (Å²) in [5.41, 5.74) is 0. The largest absolute Gasteiger partial charge is 0.462 e. The maximum Gasteiger partial charge on any atom is 0.306 e. The smallest absolute Gasteiger partial charge is 0.306 e. The Morgan fingerprint density at radius 2 is 0.506 bits per heavy atom. The Labute approximate surface area is 477 Å². The summed E-state index contributed by atoms with van der Waals surface area (Å²) in [6.07, 6.45) is 87.3. The Bertz CT molecular complexity index is 1510. The first kappa shape index (κ1) is 73.3. The van der Waals surface area contributed by atoms with Gasteiger partial charge in [-0.1, -0.05) is 291 Å². The average molecular weight is 1070 g/mol. The second-order valence-corrected chi connectivity index (χ2v) is 21.6. The van der Waals surface area contributed by atoms with Gasteiger partial charge in [0.1, 0.15) is 13.2 Å². The normalized spacial score (nSPS) is 12.7. The molecular formula is C71H122O6. The molecule has 0 N–H and O–H groups in total. The maximum absolute atomic E-state index is 12.9. The van der Waals surface area contributed by atoms with Crippen molar-refractivity contribution in [3.05, 3.63) is 97.2 Å². The van der Waals surface area contributed by atoms with Gasteiger partial charge in [-0.2, -0.15) is 0 Å². The summed E-state index contributed by atoms with van der Waals surface area (Å²) in [4.78, 5) is 38.1. The molecule has 0 heterocycles. The fourth-order valence-corrected chi connectivity index (χ4v) is 9.18. The molecule has 0 spiro atoms. The van der Waals surface area contributed by atoms with Crippen molar-refractivity contribution in [1.82, 2.24) is 0 Å². The first-order valence-corrected chi connectivity index (χ1v) is 32.7. The second kappa shape index (κ2) is 64.9. The number of allylic oxidation sites excluding steroid dienone is 16. The molecule has 0 aromatic rings. The summed E-state index contributed by atoms with van der Waals surface area (Å²) in [7, 11) is 0. The predicted molar refractivity (Wildman–Crippen MR) is 334 cm³/mol. The van der Waals surface area contributed by atoms with E-state index >= 15 is 0 Å². The molecule has 0 saturated heterocycles. The lowest BCUT2D eigenvalue weighted by Crippen LogP contribution is -2.30. The van der Waals surface area contributed by atoms with Crippen molar-refractivity contribution < 1.29 is 28.6 Å². The number of esters is 3. The molecule has 6 nitrogen and oxygen atoms in total. The van der Waals surface area contributed by atoms with Gasteiger partial charge in [-0.15, -0.1) is 0 Å². The van der Waals surface area contributed by atoms with Crippen LogP contribution in [-0.2, 0) is 28.6 Å². The Morgan fingerprint density at radius 1 is 0.273 bits per heavy atom. The van der Waals surface area contributed by atoms with Crippen LogP contribution in [0.1, 0.15) is 316 Å². The Morgan fingerprint density at radius 3 is 0.792 bits per heavy atom. The highest BCUT2D eigenvalue weighted by Crippen LogP contribution is 2.16. The standard InChI is InChI=1S/C71H122O6/c1-4-7-10-13-16-18-20-22-24-26-28-30-32-33-34-35-36-37-39-40-42-44-46-48-50-52-55-58-61-64-70(73)76-67-68(66-75-69(72)63-60-57-54-15-12-9-6-3)77-71(74)65-62-59-56-53-51-49-47-45-43-41-38-31-29-27-25-23-21-19-17-14-11-8-5-2/h8,11,17,19-20,22-23,25-26,28-29,31,41,43,47,49,68H,4-7,9-10,12-16,18,21,24,27,30,32-40,42,44-46,48,50-67H2,1-3H3/b11-8-,19-17-,22-20-,25-23-,28-26-,31-29-,43-41-,49-47-. The van der Waals surface area contributed by atoms with Crippen LogP contribution in [0.2, 0.25) is 0 Å². The molecule has 0 aliphatic rings. The third kappa shape index (κ3) is 63.0. The predicted octanol–water partition coefficient (Wildman–Crippen LogP) is 22.4. The summed E-state index contributed by atoms with van der Waals surface area (Å²) in [5, 5.41) is 0. The molecule has 0 radical (unpaired) electrons. The Balaban J connectivity index is 4.14. The molecule has 0 aliphatic carbocycles. The minimum absolute atomic E-state index is 0.0858. The van der Waals surface area contributed by atoms with Crippen LogP contribution in [0.15, 0.2) is 97.2 Å². The molecule has 0 bridgehead atoms. The third-order valence-corrected chi connectivity index (χ3v) is 14.1. The minimum Gasteiger partial charge on any atom is -0.462 e. The van der Waals surface area contributed by atoms with Gasteiger partial charge in [-0.25, -0.2) is 0 Å². The van der Waals surface area contributed by atoms with Gasteiger partial charge in [0, 0.05) is 19.3 Å². The maximum atomic E-state index is 12.9. The lowest BCUT2D eigenvalue weighted by Gasteiger charge is -2.18. The molecule has 0 aromatic carbocycles. The lowest BCUT2D eigenvalue weighted by molar-refractivity contribution is -0.167. The molecule has 442 valence electrons. The van der Waals surface area contributed by atoms with Crippen LogP contribution in [0.3, 0.4) is 0 Å². The van der Waals surface area contributed by atoms with Gasteiger partial charge in [0.2, 0.25) is 0 Å². The summed E-state index contributed by atoms with van der Waals surface area (Å²) < 4.78 is 16.8. The summed E-state index contributed by atoms with van der Waals surface area (Å²) >= 11 is 0. The molecule has 0 aromatic heterocycles. The summed E-state index contributed by atoms with van der Waals surface area (Å²) in [6.45, 7) is 6.48. The first-order valence-electron chi connectivity index (χ1n) is 32.7. The SMILES string of the molecule is CC/C=C\C/C=C\C/C=C\C/C=C\C/C=C\C/C=C\CCCCCCC(=O)OC(COC(=O)CCCCCCCCC)COC(=O)CCCCCCCCCCCCCCCCCCC/C=C\C/C=C\CCCCCCC. The fraction of sp³-hybridized carbons (Fsp3) is 0.732. The van der Waals surface area contributed by atoms with Crippen LogP contribution >= 0.6 is 0 Å². The molecule has 0 aliphatic heterocycles. The number of carbonyl (C=O) groups excluding carboxylic acids is 3. The van der Waals surface area contributed by atoms with E-state index in [2.05, 4.69) is 118 Å². The Hall–Kier alpha value is -3.67. The lowest BCUT2D eigenvalue weighted by atomic mass is 10.0. The zero-order chi connectivity index (χ0) is 55.7. The average Bonchev–Trinajstić information content (AvgIpc) is 3.43. The van der Waals surface area contributed by atoms with Crippen molar-refractivity contribution in [2.24, 2.45) is 0 Å². The topological polar surface area (TPSA) is 78.9 Å². The summed E-state index contributed by atoms with van der Waals surface area (Å²) in [5.74, 6) is -0.909. The second-order valence-electron chi connectivity index (χ2n) is 21.6. The van der Waals surface area contributed by atoms with E-state index in [1.165, 1.54) is 161 Å². The Kier molecular flexibility index (Phi) is 61.8. The van der Waals surface area contributed by atoms with Crippen molar-refractivity contribution in [3.8, 4) is 0 Å². The van der Waals surface area contributed by atoms with Crippen LogP contribution in [0, 0.1) is 0 Å². The van der Waals surface area contributed by atoms with E-state index < -0.39 is 6.10 Å². The molecular weight excluding hydrogens is 949 g/mol. The number of unbranched alkanes of at least 4 members (excludes halogenated alkanes) is 32. The minimum atomic E-state index is -0.789. The van der Waals surface area contributed by atoms with E-state index in [-0.39, 0.29) is 31.1 Å². The van der Waals surface area contributed by atoms with E-state index in [0.717, 1.165) is 116 Å². The highest BCUT2D eigenvalue weighted by molar-refractivity contribution is 5.71. The van der Waals surface area contributed by atoms with Crippen molar-refractivity contribution in [1.29, 1.82) is 0 Å². The van der Waals surface area contributed by atoms with Gasteiger partial charge in [0.15, 0.2) is 6.10 Å². The molecule has 1 unspecified atom stereocenters. The van der Waals surface area contributed by atoms with Crippen LogP contribution in [0.4, 0.5) is 0 Å². The van der Waals surface area contributed by atoms with Crippen LogP contribution in [0.5, 0.6) is 0 Å². The zero-order valence-electron chi connectivity index (χ0n) is 50.7. The third-order valence-electron chi connectivity index (χ3n) is 14.1. The van der Waals surface area contributed by atoms with Crippen LogP contribution in [0.25, 0.3) is 0 Å². The van der Waals surface area contributed by atoms with Crippen molar-refractivity contribution in [2.75, 3.05) is 13.2 Å². The van der Waals surface area contributed by atoms with Gasteiger partial charge >= 0.3 is 17.9 Å². The van der Waals surface area contributed by atoms with Gasteiger partial charge in [-0.3, -0.25) is 14.4 Å². The summed E-state index contributed by atoms with van der Waals surface area (Å²) in [6, 6.07) is 0. The monoisotopic (exact) mass is 1070 g/mol. The molecule has 0 fully saturated rings. The van der Waals surface area contributed by atoms with Gasteiger partial charge in [-0.05, 0) is 103 Å². The van der Waals surface area contributed by atoms with E-state index in [1.54, 1.807) is 0 Å². The van der Waals surface area contributed by atoms with E-state index in [0.29, 0.717) is 19.3 Å². The highest BCUT2D eigenvalue weighted by Gasteiger charge is 2.19. The number of ether oxygens (including phenoxy) is 3. The van der Waals surface area contributed by atoms with Crippen LogP contribution < -0.4 is 0 Å². The van der Waals surface area contributed by atoms with E-state index in [9.17, 15) is 14.4 Å². The molecule has 0 rings (SSSR count). The highest BCUT2D eigenvalue weighted by atomic mass is 16.6. The van der Waals surface area contributed by atoms with Gasteiger partial charge in [0.05, 0.1) is 0 Å². The van der Waals surface area contributed by atoms with Crippen molar-refractivity contribution >= 4 is 17.9 Å². The first-order chi connectivity index (χ1) is 38.0. The molecule has 77 heavy (non-hydrogen) atoms. The van der Waals surface area contributed by atoms with Crippen molar-refractivity contribution in [2.45, 2.75) is 322 Å². The van der Waals surface area contributed by atoms with E-state index in [1.807, 2.05) is 0 Å². The fourth-order valence-electron chi connectivity index (χ4n) is 9.18. The number of hydrogen-bond donors (Lipinski definition) is 0. The van der Waals surface area contributed by atoms with Gasteiger partial charge < -0.3 is 14.2 Å². The van der Waals surface area contributed by atoms with E-state index in [4.69, 9.17) is 14.2 Å². The quantitative estimate of drug-likeness (QED) is 0.0261. The molecule has 0 saturated carbocycles. The van der Waals surface area contributed by atoms with Gasteiger partial charge in [0.25, 0.3) is 0 Å².